The molecular formula is C13H11N5O7S2. The summed E-state index contributed by atoms with van der Waals surface area (Å²) in [5.41, 5.74) is 0.819. The number of carboxylic acids is 2. The van der Waals surface area contributed by atoms with Gasteiger partial charge in [-0.2, -0.15) is 4.37 Å². The minimum atomic E-state index is -1.29. The quantitative estimate of drug-likeness (QED) is 0.277. The molecule has 142 valence electrons. The van der Waals surface area contributed by atoms with Gasteiger partial charge >= 0.3 is 11.9 Å². The van der Waals surface area contributed by atoms with Crippen LogP contribution in [0.15, 0.2) is 22.4 Å². The standard InChI is InChI=1S/C13H11N5O7S2/c19-6(20)3-25-16-7(9-14-4-27-17-9)10(21)15-8-11(22)18-5(13(23)24)1-2-26-12(8)18/h1,4,8,12H,2-3H2,(H,15,21)(H,19,20)(H,23,24)/b16-7-/t8?,12-/m1/s1. The van der Waals surface area contributed by atoms with Gasteiger partial charge in [0, 0.05) is 5.75 Å². The van der Waals surface area contributed by atoms with Gasteiger partial charge in [0.1, 0.15) is 22.6 Å². The van der Waals surface area contributed by atoms with Gasteiger partial charge in [0.15, 0.2) is 0 Å². The minimum Gasteiger partial charge on any atom is -0.479 e. The Bertz CT molecular complexity index is 853. The number of aromatic nitrogens is 2. The molecule has 3 rings (SSSR count). The third-order valence-electron chi connectivity index (χ3n) is 3.48. The molecule has 27 heavy (non-hydrogen) atoms. The molecule has 14 heteroatoms. The van der Waals surface area contributed by atoms with Crippen molar-refractivity contribution in [1.29, 1.82) is 0 Å². The summed E-state index contributed by atoms with van der Waals surface area (Å²) in [5, 5.41) is 23.1. The van der Waals surface area contributed by atoms with Crippen molar-refractivity contribution in [3.05, 3.63) is 23.1 Å². The van der Waals surface area contributed by atoms with Crippen LogP contribution in [-0.2, 0) is 24.0 Å². The van der Waals surface area contributed by atoms with Crippen molar-refractivity contribution in [2.24, 2.45) is 5.16 Å². The average Bonchev–Trinajstić information content (AvgIpc) is 3.16. The van der Waals surface area contributed by atoms with E-state index in [1.807, 2.05) is 0 Å². The van der Waals surface area contributed by atoms with E-state index in [9.17, 15) is 19.2 Å². The molecule has 12 nitrogen and oxygen atoms in total. The summed E-state index contributed by atoms with van der Waals surface area (Å²) in [6.45, 7) is -0.775. The predicted molar refractivity (Wildman–Crippen MR) is 90.8 cm³/mol. The zero-order chi connectivity index (χ0) is 19.6. The van der Waals surface area contributed by atoms with E-state index in [-0.39, 0.29) is 11.5 Å². The Labute approximate surface area is 159 Å². The van der Waals surface area contributed by atoms with E-state index in [1.165, 1.54) is 23.3 Å². The maximum Gasteiger partial charge on any atom is 0.352 e. The van der Waals surface area contributed by atoms with Crippen molar-refractivity contribution in [2.45, 2.75) is 11.4 Å². The molecule has 1 aromatic heterocycles. The molecule has 1 aromatic rings. The summed E-state index contributed by atoms with van der Waals surface area (Å²) in [7, 11) is 0. The number of amides is 2. The van der Waals surface area contributed by atoms with Crippen LogP contribution in [-0.4, -0.2) is 77.7 Å². The Morgan fingerprint density at radius 3 is 2.81 bits per heavy atom. The van der Waals surface area contributed by atoms with Crippen LogP contribution < -0.4 is 5.32 Å². The fraction of sp³-hybridized carbons (Fsp3) is 0.308. The number of carboxylic acid groups (broad SMARTS) is 2. The number of carbonyl (C=O) groups excluding carboxylic acids is 2. The lowest BCUT2D eigenvalue weighted by molar-refractivity contribution is -0.150. The van der Waals surface area contributed by atoms with Gasteiger partial charge in [-0.15, -0.1) is 11.8 Å². The number of hydrogen-bond donors (Lipinski definition) is 3. The fourth-order valence-electron chi connectivity index (χ4n) is 2.36. The molecule has 1 fully saturated rings. The molecule has 2 amide bonds. The van der Waals surface area contributed by atoms with Crippen LogP contribution in [0.25, 0.3) is 0 Å². The predicted octanol–water partition coefficient (Wildman–Crippen LogP) is -1.29. The number of carbonyl (C=O) groups is 4. The van der Waals surface area contributed by atoms with Crippen molar-refractivity contribution in [1.82, 2.24) is 19.6 Å². The average molecular weight is 413 g/mol. The fourth-order valence-corrected chi connectivity index (χ4v) is 3.98. The number of thioether (sulfide) groups is 1. The Kier molecular flexibility index (Phi) is 5.36. The highest BCUT2D eigenvalue weighted by atomic mass is 32.2. The van der Waals surface area contributed by atoms with Crippen LogP contribution in [0.3, 0.4) is 0 Å². The molecule has 1 saturated heterocycles. The van der Waals surface area contributed by atoms with Gasteiger partial charge in [-0.3, -0.25) is 14.5 Å². The molecule has 2 atom stereocenters. The summed E-state index contributed by atoms with van der Waals surface area (Å²) in [5.74, 6) is -3.65. The Morgan fingerprint density at radius 1 is 1.41 bits per heavy atom. The first-order valence-electron chi connectivity index (χ1n) is 7.27. The molecule has 0 aliphatic carbocycles. The SMILES string of the molecule is O=C(O)CO/N=C(\C(=O)NC1C(=O)N2C(C(=O)O)=CCS[C@H]12)c1ncsn1. The van der Waals surface area contributed by atoms with E-state index < -0.39 is 47.5 Å². The molecule has 0 bridgehead atoms. The number of fused-ring (bicyclic) bond motifs is 1. The number of aliphatic carboxylic acids is 2. The lowest BCUT2D eigenvalue weighted by Crippen LogP contribution is -2.70. The van der Waals surface area contributed by atoms with Crippen LogP contribution in [0.1, 0.15) is 5.82 Å². The zero-order valence-corrected chi connectivity index (χ0v) is 14.9. The third kappa shape index (κ3) is 3.75. The van der Waals surface area contributed by atoms with Gasteiger partial charge in [0.05, 0.1) is 0 Å². The van der Waals surface area contributed by atoms with E-state index in [2.05, 4.69) is 24.7 Å². The summed E-state index contributed by atoms with van der Waals surface area (Å²) in [6, 6.07) is -0.964. The van der Waals surface area contributed by atoms with Crippen LogP contribution in [0, 0.1) is 0 Å². The summed E-state index contributed by atoms with van der Waals surface area (Å²) < 4.78 is 3.85. The number of nitrogens with one attached hydrogen (secondary N) is 1. The number of β-lactam (4-membered cyclic amide) rings is 1. The maximum absolute atomic E-state index is 12.5. The van der Waals surface area contributed by atoms with Crippen LogP contribution in [0.5, 0.6) is 0 Å². The number of rotatable bonds is 7. The molecule has 0 radical (unpaired) electrons. The molecular weight excluding hydrogens is 402 g/mol. The highest BCUT2D eigenvalue weighted by molar-refractivity contribution is 8.00. The second-order valence-corrected chi connectivity index (χ2v) is 6.89. The summed E-state index contributed by atoms with van der Waals surface area (Å²) >= 11 is 2.23. The first-order valence-corrected chi connectivity index (χ1v) is 9.16. The van der Waals surface area contributed by atoms with Crippen LogP contribution in [0.2, 0.25) is 0 Å². The lowest BCUT2D eigenvalue weighted by atomic mass is 10.0. The maximum atomic E-state index is 12.5. The van der Waals surface area contributed by atoms with E-state index >= 15 is 0 Å². The van der Waals surface area contributed by atoms with Gasteiger partial charge in [0.25, 0.3) is 11.8 Å². The second-order valence-electron chi connectivity index (χ2n) is 5.14. The molecule has 0 aromatic carbocycles. The number of hydrogen-bond acceptors (Lipinski definition) is 10. The molecule has 0 saturated carbocycles. The van der Waals surface area contributed by atoms with E-state index in [0.717, 1.165) is 16.4 Å². The van der Waals surface area contributed by atoms with Crippen LogP contribution >= 0.6 is 23.3 Å². The molecule has 1 unspecified atom stereocenters. The first kappa shape index (κ1) is 18.8. The molecule has 3 heterocycles. The van der Waals surface area contributed by atoms with E-state index in [1.54, 1.807) is 0 Å². The van der Waals surface area contributed by atoms with Gasteiger partial charge in [-0.25, -0.2) is 14.6 Å². The third-order valence-corrected chi connectivity index (χ3v) is 5.15. The minimum absolute atomic E-state index is 0.0889. The molecule has 2 aliphatic rings. The van der Waals surface area contributed by atoms with Gasteiger partial charge in [-0.05, 0) is 17.6 Å². The van der Waals surface area contributed by atoms with Crippen molar-refractivity contribution >= 4 is 52.8 Å². The zero-order valence-electron chi connectivity index (χ0n) is 13.3. The Hall–Kier alpha value is -3.00. The largest absolute Gasteiger partial charge is 0.479 e. The number of nitrogens with zero attached hydrogens (tertiary/aromatic N) is 4. The van der Waals surface area contributed by atoms with Crippen molar-refractivity contribution < 1.29 is 34.2 Å². The monoisotopic (exact) mass is 413 g/mol. The highest BCUT2D eigenvalue weighted by Gasteiger charge is 2.53. The van der Waals surface area contributed by atoms with Crippen molar-refractivity contribution in [2.75, 3.05) is 12.4 Å². The Balaban J connectivity index is 1.73. The molecule has 0 spiro atoms. The first-order chi connectivity index (χ1) is 12.9. The van der Waals surface area contributed by atoms with Gasteiger partial charge < -0.3 is 20.4 Å². The van der Waals surface area contributed by atoms with Crippen molar-refractivity contribution in [3.63, 3.8) is 0 Å². The van der Waals surface area contributed by atoms with E-state index in [4.69, 9.17) is 10.2 Å². The number of oxime groups is 1. The van der Waals surface area contributed by atoms with Gasteiger partial charge in [0.2, 0.25) is 18.1 Å². The summed E-state index contributed by atoms with van der Waals surface area (Å²) in [4.78, 5) is 56.0. The molecule has 2 aliphatic heterocycles. The topological polar surface area (TPSA) is 171 Å². The van der Waals surface area contributed by atoms with Crippen LogP contribution in [0.4, 0.5) is 0 Å². The summed E-state index contributed by atoms with van der Waals surface area (Å²) in [6.07, 6.45) is 1.42. The normalized spacial score (nSPS) is 21.6. The van der Waals surface area contributed by atoms with Gasteiger partial charge in [-0.1, -0.05) is 5.16 Å². The van der Waals surface area contributed by atoms with E-state index in [0.29, 0.717) is 5.75 Å². The second kappa shape index (κ2) is 7.71. The smallest absolute Gasteiger partial charge is 0.352 e. The molecule has 3 N–H and O–H groups in total. The Morgan fingerprint density at radius 2 is 2.19 bits per heavy atom. The highest BCUT2D eigenvalue weighted by Crippen LogP contribution is 2.37. The lowest BCUT2D eigenvalue weighted by Gasteiger charge is -2.48. The van der Waals surface area contributed by atoms with Crippen molar-refractivity contribution in [3.8, 4) is 0 Å².